The van der Waals surface area contributed by atoms with E-state index in [0.29, 0.717) is 6.07 Å². The van der Waals surface area contributed by atoms with Gasteiger partial charge >= 0.3 is 23.7 Å². The topological polar surface area (TPSA) is 18.5 Å². The first-order valence-electron chi connectivity index (χ1n) is 5.64. The number of ether oxygens (including phenoxy) is 2. The van der Waals surface area contributed by atoms with Crippen LogP contribution in [0.25, 0.3) is 0 Å². The van der Waals surface area contributed by atoms with E-state index in [-0.39, 0.29) is 6.07 Å². The zero-order valence-electron chi connectivity index (χ0n) is 11.0. The fourth-order valence-electron chi connectivity index (χ4n) is 2.16. The molecule has 0 aliphatic heterocycles. The molecular formula is C12H8F8O2. The molecule has 2 nitrogen and oxygen atoms in total. The molecule has 1 aromatic rings. The second kappa shape index (κ2) is 4.39. The van der Waals surface area contributed by atoms with Crippen molar-refractivity contribution >= 4 is 0 Å². The Morgan fingerprint density at radius 3 is 1.68 bits per heavy atom. The highest BCUT2D eigenvalue weighted by atomic mass is 19.4. The highest BCUT2D eigenvalue weighted by molar-refractivity contribution is 5.54. The van der Waals surface area contributed by atoms with Crippen molar-refractivity contribution in [2.45, 2.75) is 23.7 Å². The minimum Gasteiger partial charge on any atom is -0.497 e. The van der Waals surface area contributed by atoms with Crippen LogP contribution < -0.4 is 9.47 Å². The number of halogens is 8. The van der Waals surface area contributed by atoms with Crippen LogP contribution in [0.5, 0.6) is 11.5 Å². The number of hydrogen-bond donors (Lipinski definition) is 0. The minimum absolute atomic E-state index is 0.162. The smallest absolute Gasteiger partial charge is 0.383 e. The summed E-state index contributed by atoms with van der Waals surface area (Å²) < 4.78 is 117. The molecule has 0 saturated carbocycles. The van der Waals surface area contributed by atoms with Crippen LogP contribution in [0.1, 0.15) is 11.1 Å². The predicted molar refractivity (Wildman–Crippen MR) is 57.2 cm³/mol. The van der Waals surface area contributed by atoms with Gasteiger partial charge in [-0.25, -0.2) is 0 Å². The van der Waals surface area contributed by atoms with E-state index in [0.717, 1.165) is 14.2 Å². The second-order valence-corrected chi connectivity index (χ2v) is 4.55. The maximum Gasteiger partial charge on any atom is 0.383 e. The van der Waals surface area contributed by atoms with Gasteiger partial charge in [-0.2, -0.15) is 35.1 Å². The van der Waals surface area contributed by atoms with Gasteiger partial charge < -0.3 is 9.47 Å². The number of rotatable bonds is 2. The Hall–Kier alpha value is -1.74. The van der Waals surface area contributed by atoms with Crippen LogP contribution in [0.2, 0.25) is 0 Å². The molecule has 0 unspecified atom stereocenters. The number of benzene rings is 1. The molecule has 124 valence electrons. The molecule has 0 radical (unpaired) electrons. The van der Waals surface area contributed by atoms with E-state index in [1.165, 1.54) is 0 Å². The van der Waals surface area contributed by atoms with Crippen LogP contribution >= 0.6 is 0 Å². The third-order valence-corrected chi connectivity index (χ3v) is 3.37. The summed E-state index contributed by atoms with van der Waals surface area (Å²) in [7, 11) is 1.70. The molecule has 0 atom stereocenters. The third-order valence-electron chi connectivity index (χ3n) is 3.37. The first-order valence-corrected chi connectivity index (χ1v) is 5.64. The summed E-state index contributed by atoms with van der Waals surface area (Å²) in [6.45, 7) is 0. The summed E-state index contributed by atoms with van der Waals surface area (Å²) >= 11 is 0. The van der Waals surface area contributed by atoms with E-state index in [1.807, 2.05) is 0 Å². The molecule has 0 heterocycles. The average Bonchev–Trinajstić information content (AvgIpc) is 2.43. The molecule has 0 bridgehead atoms. The van der Waals surface area contributed by atoms with Gasteiger partial charge in [0.25, 0.3) is 0 Å². The lowest BCUT2D eigenvalue weighted by Gasteiger charge is -2.43. The lowest BCUT2D eigenvalue weighted by atomic mass is 9.79. The Balaban J connectivity index is 2.96. The summed E-state index contributed by atoms with van der Waals surface area (Å²) in [6, 6.07) is 0.789. The number of hydrogen-bond acceptors (Lipinski definition) is 2. The summed E-state index contributed by atoms with van der Waals surface area (Å²) in [4.78, 5) is 0. The van der Waals surface area contributed by atoms with E-state index < -0.39 is 46.3 Å². The maximum absolute atomic E-state index is 13.8. The summed E-state index contributed by atoms with van der Waals surface area (Å²) in [5, 5.41) is 0. The van der Waals surface area contributed by atoms with E-state index in [9.17, 15) is 35.1 Å². The minimum atomic E-state index is -6.31. The van der Waals surface area contributed by atoms with E-state index in [1.54, 1.807) is 0 Å². The Morgan fingerprint density at radius 2 is 1.23 bits per heavy atom. The van der Waals surface area contributed by atoms with Crippen molar-refractivity contribution in [1.29, 1.82) is 0 Å². The molecule has 0 amide bonds. The largest absolute Gasteiger partial charge is 0.497 e. The van der Waals surface area contributed by atoms with E-state index in [4.69, 9.17) is 0 Å². The zero-order chi connectivity index (χ0) is 17.1. The van der Waals surface area contributed by atoms with E-state index in [2.05, 4.69) is 9.47 Å². The Morgan fingerprint density at radius 1 is 0.727 bits per heavy atom. The van der Waals surface area contributed by atoms with Crippen molar-refractivity contribution in [1.82, 2.24) is 0 Å². The van der Waals surface area contributed by atoms with Crippen LogP contribution in [-0.2, 0) is 11.8 Å². The summed E-state index contributed by atoms with van der Waals surface area (Å²) in [5.41, 5.74) is -3.96. The van der Waals surface area contributed by atoms with Gasteiger partial charge in [0, 0.05) is 11.6 Å². The van der Waals surface area contributed by atoms with Gasteiger partial charge in [0.05, 0.1) is 19.8 Å². The molecule has 22 heavy (non-hydrogen) atoms. The molecule has 0 saturated heterocycles. The van der Waals surface area contributed by atoms with Gasteiger partial charge in [-0.05, 0) is 6.07 Å². The monoisotopic (exact) mass is 336 g/mol. The molecule has 10 heteroatoms. The first kappa shape index (κ1) is 16.6. The quantitative estimate of drug-likeness (QED) is 0.755. The fraction of sp³-hybridized carbons (Fsp3) is 0.500. The highest BCUT2D eigenvalue weighted by Crippen LogP contribution is 2.66. The third kappa shape index (κ3) is 1.66. The van der Waals surface area contributed by atoms with Gasteiger partial charge in [-0.3, -0.25) is 0 Å². The van der Waals surface area contributed by atoms with Gasteiger partial charge in [-0.15, -0.1) is 0 Å². The van der Waals surface area contributed by atoms with Crippen LogP contribution in [0.4, 0.5) is 35.1 Å². The zero-order valence-corrected chi connectivity index (χ0v) is 11.0. The Labute approximate surface area is 118 Å². The van der Waals surface area contributed by atoms with E-state index >= 15 is 0 Å². The highest BCUT2D eigenvalue weighted by Gasteiger charge is 2.85. The Bertz CT molecular complexity index is 611. The lowest BCUT2D eigenvalue weighted by Crippen LogP contribution is -2.63. The maximum atomic E-state index is 13.8. The van der Waals surface area contributed by atoms with Crippen LogP contribution in [0, 0.1) is 0 Å². The standard InChI is InChI=1S/C12H8F8O2/c1-21-5-3-6-8(7(4-5)22-2)10(15,16)12(19,20)11(17,18)9(6,13)14/h3-4H,1-2H3. The fourth-order valence-corrected chi connectivity index (χ4v) is 2.16. The molecule has 1 aliphatic carbocycles. The molecule has 0 aromatic heterocycles. The normalized spacial score (nSPS) is 23.5. The summed E-state index contributed by atoms with van der Waals surface area (Å²) in [6.07, 6.45) is 0. The van der Waals surface area contributed by atoms with Crippen LogP contribution in [-0.4, -0.2) is 26.1 Å². The van der Waals surface area contributed by atoms with Crippen LogP contribution in [0.3, 0.4) is 0 Å². The molecule has 1 aromatic carbocycles. The average molecular weight is 336 g/mol. The number of fused-ring (bicyclic) bond motifs is 1. The van der Waals surface area contributed by atoms with Gasteiger partial charge in [0.15, 0.2) is 0 Å². The van der Waals surface area contributed by atoms with Crippen molar-refractivity contribution in [3.05, 3.63) is 23.3 Å². The van der Waals surface area contributed by atoms with Gasteiger partial charge in [0.2, 0.25) is 0 Å². The van der Waals surface area contributed by atoms with Crippen molar-refractivity contribution in [3.8, 4) is 11.5 Å². The molecule has 1 aliphatic rings. The lowest BCUT2D eigenvalue weighted by molar-refractivity contribution is -0.386. The van der Waals surface area contributed by atoms with Gasteiger partial charge in [-0.1, -0.05) is 0 Å². The van der Waals surface area contributed by atoms with Crippen LogP contribution in [0.15, 0.2) is 12.1 Å². The van der Waals surface area contributed by atoms with Crippen molar-refractivity contribution < 1.29 is 44.6 Å². The number of alkyl halides is 8. The second-order valence-electron chi connectivity index (χ2n) is 4.55. The first-order chi connectivity index (χ1) is 9.86. The number of methoxy groups -OCH3 is 2. The summed E-state index contributed by atoms with van der Waals surface area (Å²) in [5.74, 6) is -25.3. The van der Waals surface area contributed by atoms with Crippen molar-refractivity contribution in [2.24, 2.45) is 0 Å². The van der Waals surface area contributed by atoms with Crippen molar-refractivity contribution in [3.63, 3.8) is 0 Å². The Kier molecular flexibility index (Phi) is 3.32. The molecule has 0 N–H and O–H groups in total. The van der Waals surface area contributed by atoms with Crippen molar-refractivity contribution in [2.75, 3.05) is 14.2 Å². The molecular weight excluding hydrogens is 328 g/mol. The molecule has 0 fully saturated rings. The van der Waals surface area contributed by atoms with Gasteiger partial charge in [0.1, 0.15) is 11.5 Å². The SMILES string of the molecule is COc1cc(OC)c2c(c1)C(F)(F)C(F)(F)C(F)(F)C2(F)F. The predicted octanol–water partition coefficient (Wildman–Crippen LogP) is 4.17. The molecule has 2 rings (SSSR count). The molecule has 0 spiro atoms.